The molecule has 94 valence electrons. The molecule has 1 aromatic carbocycles. The van der Waals surface area contributed by atoms with Crippen LogP contribution in [0.25, 0.3) is 0 Å². The third-order valence-electron chi connectivity index (χ3n) is 3.53. The van der Waals surface area contributed by atoms with E-state index in [-0.39, 0.29) is 23.6 Å². The fraction of sp³-hybridized carbons (Fsp3) is 0.571. The van der Waals surface area contributed by atoms with Crippen molar-refractivity contribution in [3.8, 4) is 5.75 Å². The molecule has 0 saturated heterocycles. The van der Waals surface area contributed by atoms with E-state index in [4.69, 9.17) is 0 Å². The van der Waals surface area contributed by atoms with Gasteiger partial charge in [0.1, 0.15) is 11.6 Å². The largest absolute Gasteiger partial charge is 0.508 e. The average molecular weight is 238 g/mol. The number of hydrogen-bond acceptors (Lipinski definition) is 2. The zero-order chi connectivity index (χ0) is 12.6. The molecule has 0 radical (unpaired) electrons. The van der Waals surface area contributed by atoms with Gasteiger partial charge in [-0.25, -0.2) is 4.39 Å². The number of aromatic hydroxyl groups is 1. The van der Waals surface area contributed by atoms with Gasteiger partial charge in [-0.1, -0.05) is 13.8 Å². The van der Waals surface area contributed by atoms with Crippen molar-refractivity contribution in [2.24, 2.45) is 0 Å². The number of fused-ring (bicyclic) bond motifs is 1. The van der Waals surface area contributed by atoms with Gasteiger partial charge in [0, 0.05) is 5.56 Å². The first-order valence-corrected chi connectivity index (χ1v) is 6.22. The van der Waals surface area contributed by atoms with Gasteiger partial charge >= 0.3 is 0 Å². The van der Waals surface area contributed by atoms with Gasteiger partial charge in [0.15, 0.2) is 0 Å². The van der Waals surface area contributed by atoms with Crippen LogP contribution in [0.3, 0.4) is 0 Å². The molecule has 0 saturated carbocycles. The third kappa shape index (κ3) is 2.29. The molecule has 2 rings (SSSR count). The lowest BCUT2D eigenvalue weighted by molar-refractivity contribution is 0.158. The average Bonchev–Trinajstić information content (AvgIpc) is 2.41. The number of phenolic OH excluding ortho intramolecular Hbond substituents is 1. The van der Waals surface area contributed by atoms with Crippen molar-refractivity contribution in [1.82, 2.24) is 0 Å². The van der Waals surface area contributed by atoms with Crippen LogP contribution in [-0.2, 0) is 12.8 Å². The van der Waals surface area contributed by atoms with Crippen molar-refractivity contribution in [2.75, 3.05) is 0 Å². The summed E-state index contributed by atoms with van der Waals surface area (Å²) in [5.41, 5.74) is 1.93. The second kappa shape index (κ2) is 4.65. The monoisotopic (exact) mass is 238 g/mol. The number of aryl methyl sites for hydroxylation is 1. The summed E-state index contributed by atoms with van der Waals surface area (Å²) in [6.07, 6.45) is 2.09. The molecule has 0 amide bonds. The van der Waals surface area contributed by atoms with E-state index >= 15 is 0 Å². The molecule has 3 heteroatoms. The van der Waals surface area contributed by atoms with Gasteiger partial charge in [0.25, 0.3) is 0 Å². The van der Waals surface area contributed by atoms with Crippen LogP contribution in [0.2, 0.25) is 0 Å². The summed E-state index contributed by atoms with van der Waals surface area (Å²) in [6, 6.07) is 1.67. The topological polar surface area (TPSA) is 40.5 Å². The van der Waals surface area contributed by atoms with E-state index in [2.05, 4.69) is 0 Å². The normalized spacial score (nSPS) is 20.2. The number of rotatable bonds is 1. The van der Waals surface area contributed by atoms with Crippen LogP contribution in [0.4, 0.5) is 4.39 Å². The fourth-order valence-electron chi connectivity index (χ4n) is 2.57. The highest BCUT2D eigenvalue weighted by atomic mass is 19.1. The lowest BCUT2D eigenvalue weighted by Crippen LogP contribution is -2.05. The molecule has 0 bridgehead atoms. The summed E-state index contributed by atoms with van der Waals surface area (Å²) in [5, 5.41) is 19.5. The summed E-state index contributed by atoms with van der Waals surface area (Å²) >= 11 is 0. The summed E-state index contributed by atoms with van der Waals surface area (Å²) in [7, 11) is 0. The van der Waals surface area contributed by atoms with Gasteiger partial charge < -0.3 is 10.2 Å². The molecule has 1 atom stereocenters. The maximum atomic E-state index is 14.3. The van der Waals surface area contributed by atoms with Gasteiger partial charge in [-0.2, -0.15) is 0 Å². The van der Waals surface area contributed by atoms with Crippen LogP contribution < -0.4 is 0 Å². The Morgan fingerprint density at radius 1 is 1.29 bits per heavy atom. The predicted molar refractivity (Wildman–Crippen MR) is 64.8 cm³/mol. The molecule has 17 heavy (non-hydrogen) atoms. The van der Waals surface area contributed by atoms with Crippen molar-refractivity contribution in [1.29, 1.82) is 0 Å². The Balaban J connectivity index is 2.51. The van der Waals surface area contributed by atoms with Gasteiger partial charge in [-0.3, -0.25) is 0 Å². The Kier molecular flexibility index (Phi) is 3.38. The van der Waals surface area contributed by atoms with Crippen molar-refractivity contribution < 1.29 is 14.6 Å². The van der Waals surface area contributed by atoms with Gasteiger partial charge in [-0.15, -0.1) is 0 Å². The summed E-state index contributed by atoms with van der Waals surface area (Å²) < 4.78 is 14.3. The lowest BCUT2D eigenvalue weighted by atomic mass is 9.93. The molecular weight excluding hydrogens is 219 g/mol. The molecule has 2 N–H and O–H groups in total. The van der Waals surface area contributed by atoms with Crippen molar-refractivity contribution >= 4 is 0 Å². The maximum absolute atomic E-state index is 14.3. The molecule has 1 aromatic rings. The zero-order valence-electron chi connectivity index (χ0n) is 10.3. The molecular formula is C14H19FO2. The number of hydrogen-bond donors (Lipinski definition) is 2. The predicted octanol–water partition coefficient (Wildman–Crippen LogP) is 2.89. The minimum absolute atomic E-state index is 0.0338. The number of phenols is 1. The van der Waals surface area contributed by atoms with Gasteiger partial charge in [-0.05, 0) is 48.8 Å². The van der Waals surface area contributed by atoms with Crippen LogP contribution in [0.5, 0.6) is 5.75 Å². The molecule has 0 aromatic heterocycles. The number of halogens is 1. The Bertz CT molecular complexity index is 427. The van der Waals surface area contributed by atoms with Crippen molar-refractivity contribution in [3.63, 3.8) is 0 Å². The fourth-order valence-corrected chi connectivity index (χ4v) is 2.57. The van der Waals surface area contributed by atoms with Gasteiger partial charge in [0.2, 0.25) is 0 Å². The third-order valence-corrected chi connectivity index (χ3v) is 3.53. The first kappa shape index (κ1) is 12.4. The Morgan fingerprint density at radius 3 is 2.59 bits per heavy atom. The highest BCUT2D eigenvalue weighted by Gasteiger charge is 2.23. The van der Waals surface area contributed by atoms with E-state index in [1.165, 1.54) is 0 Å². The van der Waals surface area contributed by atoms with Crippen LogP contribution in [-0.4, -0.2) is 16.3 Å². The quantitative estimate of drug-likeness (QED) is 0.738. The Hall–Kier alpha value is -1.09. The maximum Gasteiger partial charge on any atom is 0.133 e. The van der Waals surface area contributed by atoms with E-state index < -0.39 is 0 Å². The SMILES string of the molecule is CC(C)c1c(O)cc2c(c1F)CCC(O)CC2. The minimum atomic E-state index is -0.355. The second-order valence-corrected chi connectivity index (χ2v) is 5.15. The molecule has 0 fully saturated rings. The van der Waals surface area contributed by atoms with Crippen LogP contribution in [0, 0.1) is 5.82 Å². The Labute approximate surface area is 101 Å². The van der Waals surface area contributed by atoms with Crippen LogP contribution in [0.15, 0.2) is 6.07 Å². The molecule has 1 unspecified atom stereocenters. The highest BCUT2D eigenvalue weighted by Crippen LogP contribution is 2.35. The van der Waals surface area contributed by atoms with E-state index in [0.717, 1.165) is 5.56 Å². The van der Waals surface area contributed by atoms with Gasteiger partial charge in [0.05, 0.1) is 6.10 Å². The summed E-state index contributed by atoms with van der Waals surface area (Å²) in [6.45, 7) is 3.74. The number of benzene rings is 1. The lowest BCUT2D eigenvalue weighted by Gasteiger charge is -2.15. The van der Waals surface area contributed by atoms with Crippen molar-refractivity contribution in [2.45, 2.75) is 51.6 Å². The number of aliphatic hydroxyl groups is 1. The van der Waals surface area contributed by atoms with E-state index in [0.29, 0.717) is 36.8 Å². The van der Waals surface area contributed by atoms with Crippen LogP contribution >= 0.6 is 0 Å². The number of aliphatic hydroxyl groups excluding tert-OH is 1. The second-order valence-electron chi connectivity index (χ2n) is 5.15. The minimum Gasteiger partial charge on any atom is -0.508 e. The Morgan fingerprint density at radius 2 is 1.94 bits per heavy atom. The van der Waals surface area contributed by atoms with E-state index in [1.807, 2.05) is 13.8 Å². The summed E-state index contributed by atoms with van der Waals surface area (Å²) in [4.78, 5) is 0. The molecule has 0 heterocycles. The van der Waals surface area contributed by atoms with Crippen molar-refractivity contribution in [3.05, 3.63) is 28.6 Å². The molecule has 2 nitrogen and oxygen atoms in total. The van der Waals surface area contributed by atoms with E-state index in [9.17, 15) is 14.6 Å². The molecule has 1 aliphatic carbocycles. The first-order valence-electron chi connectivity index (χ1n) is 6.22. The smallest absolute Gasteiger partial charge is 0.133 e. The molecule has 0 aliphatic heterocycles. The van der Waals surface area contributed by atoms with Crippen LogP contribution in [0.1, 0.15) is 49.3 Å². The molecule has 0 spiro atoms. The molecule has 1 aliphatic rings. The summed E-state index contributed by atoms with van der Waals surface area (Å²) in [5.74, 6) is -0.259. The first-order chi connectivity index (χ1) is 8.00. The van der Waals surface area contributed by atoms with E-state index in [1.54, 1.807) is 6.07 Å². The standard InChI is InChI=1S/C14H19FO2/c1-8(2)13-12(17)7-9-3-4-10(16)5-6-11(9)14(13)15/h7-8,10,16-17H,3-6H2,1-2H3. The highest BCUT2D eigenvalue weighted by molar-refractivity contribution is 5.45. The zero-order valence-corrected chi connectivity index (χ0v) is 10.3.